The van der Waals surface area contributed by atoms with Crippen LogP contribution in [0.4, 0.5) is 0 Å². The van der Waals surface area contributed by atoms with Crippen LogP contribution in [0.15, 0.2) is 21.7 Å². The van der Waals surface area contributed by atoms with E-state index in [4.69, 9.17) is 5.11 Å². The van der Waals surface area contributed by atoms with Gasteiger partial charge < -0.3 is 25.0 Å². The van der Waals surface area contributed by atoms with Crippen molar-refractivity contribution in [2.75, 3.05) is 6.61 Å². The largest absolute Gasteiger partial charge is 0.394 e. The van der Waals surface area contributed by atoms with Crippen LogP contribution in [0, 0.1) is 13.8 Å². The SMILES string of the molecule is Cc1[13cH]c2nc3c(=O)[nH]c(=O)nc-3n(C[C@@H](O)[C@@H](O)[C@@H](O)CO)c2cc1[13CH3]. The number of hydrogen-bond acceptors (Lipinski definition) is 8. The maximum atomic E-state index is 12.2. The lowest BCUT2D eigenvalue weighted by atomic mass is 10.1. The van der Waals surface area contributed by atoms with Crippen molar-refractivity contribution in [2.24, 2.45) is 0 Å². The van der Waals surface area contributed by atoms with Crippen molar-refractivity contribution in [2.45, 2.75) is 38.7 Å². The quantitative estimate of drug-likeness (QED) is 0.259. The van der Waals surface area contributed by atoms with Crippen molar-refractivity contribution in [3.8, 4) is 11.5 Å². The minimum Gasteiger partial charge on any atom is -0.394 e. The van der Waals surface area contributed by atoms with Crippen LogP contribution in [0.3, 0.4) is 0 Å². The summed E-state index contributed by atoms with van der Waals surface area (Å²) in [5, 5.41) is 38.8. The summed E-state index contributed by atoms with van der Waals surface area (Å²) in [4.78, 5) is 34.0. The van der Waals surface area contributed by atoms with E-state index in [1.807, 2.05) is 13.8 Å². The van der Waals surface area contributed by atoms with Gasteiger partial charge in [-0.2, -0.15) is 4.98 Å². The fraction of sp³-hybridized carbons (Fsp3) is 0.412. The summed E-state index contributed by atoms with van der Waals surface area (Å²) < 4.78 is 1.40. The summed E-state index contributed by atoms with van der Waals surface area (Å²) in [7, 11) is 0. The normalized spacial score (nSPS) is 15.2. The lowest BCUT2D eigenvalue weighted by molar-refractivity contribution is -0.0802. The molecule has 0 bridgehead atoms. The molecule has 3 atom stereocenters. The molecule has 0 unspecified atom stereocenters. The zero-order valence-electron chi connectivity index (χ0n) is 14.7. The fourth-order valence-corrected chi connectivity index (χ4v) is 2.89. The van der Waals surface area contributed by atoms with E-state index in [2.05, 4.69) is 15.0 Å². The van der Waals surface area contributed by atoms with Gasteiger partial charge in [0.25, 0.3) is 5.56 Å². The first-order valence-electron chi connectivity index (χ1n) is 8.29. The topological polar surface area (TPSA) is 162 Å². The minimum atomic E-state index is -1.64. The van der Waals surface area contributed by atoms with E-state index in [9.17, 15) is 24.9 Å². The lowest BCUT2D eigenvalue weighted by Crippen LogP contribution is -2.42. The molecule has 2 aliphatic rings. The number of H-pyrrole nitrogens is 1. The molecule has 0 amide bonds. The molecule has 27 heavy (non-hydrogen) atoms. The first kappa shape index (κ1) is 19.1. The van der Waals surface area contributed by atoms with Crippen LogP contribution in [0.5, 0.6) is 0 Å². The number of fused-ring (bicyclic) bond motifs is 2. The summed E-state index contributed by atoms with van der Waals surface area (Å²) in [6, 6.07) is 3.53. The van der Waals surface area contributed by atoms with Crippen molar-refractivity contribution in [3.63, 3.8) is 0 Å². The molecule has 3 rings (SSSR count). The number of benzene rings is 1. The maximum Gasteiger partial charge on any atom is 0.349 e. The van der Waals surface area contributed by atoms with Crippen LogP contribution >= 0.6 is 0 Å². The predicted molar refractivity (Wildman–Crippen MR) is 95.6 cm³/mol. The van der Waals surface area contributed by atoms with E-state index < -0.39 is 36.2 Å². The molecule has 0 aliphatic carbocycles. The third kappa shape index (κ3) is 3.47. The molecule has 144 valence electrons. The Balaban J connectivity index is 2.28. The molecule has 1 aromatic carbocycles. The molecule has 0 spiro atoms. The smallest absolute Gasteiger partial charge is 0.349 e. The highest BCUT2D eigenvalue weighted by atomic mass is 16.4. The van der Waals surface area contributed by atoms with Gasteiger partial charge in [-0.25, -0.2) is 9.78 Å². The average Bonchev–Trinajstić information content (AvgIpc) is 2.62. The van der Waals surface area contributed by atoms with Crippen molar-refractivity contribution in [1.29, 1.82) is 0 Å². The number of aromatic nitrogens is 4. The van der Waals surface area contributed by atoms with Gasteiger partial charge in [0.15, 0.2) is 11.5 Å². The highest BCUT2D eigenvalue weighted by Crippen LogP contribution is 2.24. The molecule has 0 aromatic heterocycles. The van der Waals surface area contributed by atoms with Gasteiger partial charge in [0.05, 0.1) is 24.2 Å². The van der Waals surface area contributed by atoms with Gasteiger partial charge in [-0.3, -0.25) is 9.78 Å². The van der Waals surface area contributed by atoms with Gasteiger partial charge in [0.2, 0.25) is 0 Å². The number of aliphatic hydroxyl groups excluding tert-OH is 4. The van der Waals surface area contributed by atoms with Crippen LogP contribution in [0.2, 0.25) is 0 Å². The Morgan fingerprint density at radius 2 is 1.74 bits per heavy atom. The van der Waals surface area contributed by atoms with E-state index in [-0.39, 0.29) is 18.1 Å². The Morgan fingerprint density at radius 1 is 1.07 bits per heavy atom. The molecule has 0 fully saturated rings. The van der Waals surface area contributed by atoms with Crippen LogP contribution in [0.1, 0.15) is 11.1 Å². The molecule has 10 nitrogen and oxygen atoms in total. The zero-order chi connectivity index (χ0) is 19.9. The Bertz CT molecular complexity index is 1080. The Hall–Kier alpha value is -2.66. The molecule has 1 aromatic rings. The van der Waals surface area contributed by atoms with Gasteiger partial charge in [-0.15, -0.1) is 0 Å². The first-order chi connectivity index (χ1) is 12.7. The second-order valence-electron chi connectivity index (χ2n) is 6.50. The summed E-state index contributed by atoms with van der Waals surface area (Å²) in [5.41, 5.74) is 1.11. The Kier molecular flexibility index (Phi) is 5.07. The van der Waals surface area contributed by atoms with E-state index in [0.29, 0.717) is 11.0 Å². The fourth-order valence-electron chi connectivity index (χ4n) is 2.89. The molecular formula is C17H20N4O6. The van der Waals surface area contributed by atoms with Gasteiger partial charge in [-0.1, -0.05) is 0 Å². The molecule has 0 saturated carbocycles. The van der Waals surface area contributed by atoms with Crippen LogP contribution in [0.25, 0.3) is 22.6 Å². The monoisotopic (exact) mass is 378 g/mol. The average molecular weight is 378 g/mol. The molecule has 0 saturated heterocycles. The predicted octanol–water partition coefficient (Wildman–Crippen LogP) is -1.72. The summed E-state index contributed by atoms with van der Waals surface area (Å²) in [6.07, 6.45) is -4.68. The van der Waals surface area contributed by atoms with Crippen molar-refractivity contribution < 1.29 is 20.4 Å². The summed E-state index contributed by atoms with van der Waals surface area (Å²) in [5.74, 6) is -0.0516. The third-order valence-corrected chi connectivity index (χ3v) is 4.57. The molecule has 2 heterocycles. The van der Waals surface area contributed by atoms with Crippen molar-refractivity contribution in [1.82, 2.24) is 19.5 Å². The van der Waals surface area contributed by atoms with Crippen LogP contribution < -0.4 is 11.2 Å². The number of aromatic amines is 1. The van der Waals surface area contributed by atoms with Gasteiger partial charge in [-0.05, 0) is 37.1 Å². The zero-order valence-corrected chi connectivity index (χ0v) is 14.7. The standard InChI is InChI=1S/C17H20N4O6/c1-7-3-9-10(4-8(7)2)21(5-11(23)14(25)12(24)6-22)15-13(18-9)16(26)20-17(27)19-15/h3-4,11-12,14,22-25H,5-6H2,1-2H3,(H,20,26,27)/t11-,12+,14-/m1/s1/i2+1,3+1. The molecular weight excluding hydrogens is 358 g/mol. The number of rotatable bonds is 5. The number of hydrogen-bond donors (Lipinski definition) is 5. The van der Waals surface area contributed by atoms with Crippen LogP contribution in [-0.2, 0) is 6.54 Å². The van der Waals surface area contributed by atoms with Gasteiger partial charge in [0, 0.05) is 0 Å². The van der Waals surface area contributed by atoms with E-state index >= 15 is 0 Å². The van der Waals surface area contributed by atoms with E-state index in [0.717, 1.165) is 11.1 Å². The summed E-state index contributed by atoms with van der Waals surface area (Å²) >= 11 is 0. The highest BCUT2D eigenvalue weighted by molar-refractivity contribution is 5.81. The van der Waals surface area contributed by atoms with E-state index in [1.54, 1.807) is 12.1 Å². The molecule has 10 heteroatoms. The Labute approximate surface area is 152 Å². The molecule has 5 N–H and O–H groups in total. The second-order valence-corrected chi connectivity index (χ2v) is 6.50. The minimum absolute atomic E-state index is 0.0516. The van der Waals surface area contributed by atoms with Gasteiger partial charge in [0.1, 0.15) is 18.3 Å². The number of nitrogens with zero attached hydrogens (tertiary/aromatic N) is 3. The number of aryl methyl sites for hydroxylation is 2. The van der Waals surface area contributed by atoms with E-state index in [1.165, 1.54) is 4.57 Å². The van der Waals surface area contributed by atoms with Gasteiger partial charge >= 0.3 is 5.69 Å². The molecule has 2 aliphatic heterocycles. The lowest BCUT2D eigenvalue weighted by Gasteiger charge is -2.25. The second kappa shape index (κ2) is 7.16. The third-order valence-electron chi connectivity index (χ3n) is 4.57. The van der Waals surface area contributed by atoms with Crippen molar-refractivity contribution >= 4 is 11.0 Å². The molecule has 0 radical (unpaired) electrons. The summed E-state index contributed by atoms with van der Waals surface area (Å²) in [6.45, 7) is 2.73. The maximum absolute atomic E-state index is 12.2. The van der Waals surface area contributed by atoms with Crippen LogP contribution in [-0.4, -0.2) is 64.9 Å². The van der Waals surface area contributed by atoms with Crippen molar-refractivity contribution in [3.05, 3.63) is 44.1 Å². The number of aliphatic hydroxyl groups is 4. The highest BCUT2D eigenvalue weighted by Gasteiger charge is 2.27. The Morgan fingerprint density at radius 3 is 2.41 bits per heavy atom. The number of nitrogens with one attached hydrogen (secondary N) is 1. The first-order valence-corrected chi connectivity index (χ1v) is 8.29.